The minimum atomic E-state index is 0.655. The van der Waals surface area contributed by atoms with E-state index in [1.165, 1.54) is 5.56 Å². The summed E-state index contributed by atoms with van der Waals surface area (Å²) in [6, 6.07) is 13.6. The Labute approximate surface area is 122 Å². The molecule has 100 valence electrons. The van der Waals surface area contributed by atoms with Gasteiger partial charge in [0.05, 0.1) is 6.61 Å². The van der Waals surface area contributed by atoms with Crippen LogP contribution in [0.15, 0.2) is 47.4 Å². The summed E-state index contributed by atoms with van der Waals surface area (Å²) in [5, 5.41) is 0.758. The third-order valence-electron chi connectivity index (χ3n) is 2.58. The number of halogens is 1. The topological polar surface area (TPSA) is 35.2 Å². The third-order valence-corrected chi connectivity index (χ3v) is 3.96. The van der Waals surface area contributed by atoms with E-state index < -0.39 is 0 Å². The Morgan fingerprint density at radius 2 is 2.05 bits per heavy atom. The fourth-order valence-electron chi connectivity index (χ4n) is 1.68. The molecule has 2 aromatic rings. The largest absolute Gasteiger partial charge is 0.494 e. The number of hydrogen-bond acceptors (Lipinski definition) is 3. The Morgan fingerprint density at radius 3 is 2.79 bits per heavy atom. The molecule has 0 aliphatic rings. The van der Waals surface area contributed by atoms with Crippen molar-refractivity contribution in [3.63, 3.8) is 0 Å². The SMILES string of the molecule is CCOc1ccc(N)c(SCc2cccc(Cl)c2)c1. The van der Waals surface area contributed by atoms with Gasteiger partial charge in [0.1, 0.15) is 5.75 Å². The third kappa shape index (κ3) is 4.08. The van der Waals surface area contributed by atoms with Gasteiger partial charge in [-0.2, -0.15) is 0 Å². The van der Waals surface area contributed by atoms with Gasteiger partial charge in [0.15, 0.2) is 0 Å². The molecule has 4 heteroatoms. The molecule has 0 atom stereocenters. The van der Waals surface area contributed by atoms with Gasteiger partial charge in [-0.3, -0.25) is 0 Å². The van der Waals surface area contributed by atoms with Crippen molar-refractivity contribution in [2.75, 3.05) is 12.3 Å². The van der Waals surface area contributed by atoms with Crippen LogP contribution >= 0.6 is 23.4 Å². The molecule has 0 aliphatic carbocycles. The molecule has 0 radical (unpaired) electrons. The van der Waals surface area contributed by atoms with Gasteiger partial charge in [0, 0.05) is 21.4 Å². The van der Waals surface area contributed by atoms with Gasteiger partial charge < -0.3 is 10.5 Å². The first-order chi connectivity index (χ1) is 9.19. The predicted octanol–water partition coefficient (Wildman–Crippen LogP) is 4.61. The van der Waals surface area contributed by atoms with E-state index in [2.05, 4.69) is 6.07 Å². The van der Waals surface area contributed by atoms with Gasteiger partial charge in [-0.15, -0.1) is 11.8 Å². The Balaban J connectivity index is 2.08. The number of rotatable bonds is 5. The molecule has 0 aromatic heterocycles. The fourth-order valence-corrected chi connectivity index (χ4v) is 2.83. The van der Waals surface area contributed by atoms with E-state index in [9.17, 15) is 0 Å². The highest BCUT2D eigenvalue weighted by Gasteiger charge is 2.04. The number of thioether (sulfide) groups is 1. The lowest BCUT2D eigenvalue weighted by Crippen LogP contribution is -1.94. The zero-order chi connectivity index (χ0) is 13.7. The summed E-state index contributed by atoms with van der Waals surface area (Å²) in [7, 11) is 0. The molecule has 0 spiro atoms. The number of nitrogen functional groups attached to an aromatic ring is 1. The maximum absolute atomic E-state index is 5.98. The molecule has 0 fully saturated rings. The smallest absolute Gasteiger partial charge is 0.120 e. The van der Waals surface area contributed by atoms with Crippen LogP contribution in [0.4, 0.5) is 5.69 Å². The van der Waals surface area contributed by atoms with Gasteiger partial charge in [0.25, 0.3) is 0 Å². The highest BCUT2D eigenvalue weighted by atomic mass is 35.5. The van der Waals surface area contributed by atoms with Crippen LogP contribution < -0.4 is 10.5 Å². The number of nitrogens with two attached hydrogens (primary N) is 1. The Morgan fingerprint density at radius 1 is 1.21 bits per heavy atom. The molecule has 2 aromatic carbocycles. The normalized spacial score (nSPS) is 10.4. The molecule has 2 nitrogen and oxygen atoms in total. The summed E-state index contributed by atoms with van der Waals surface area (Å²) < 4.78 is 5.48. The summed E-state index contributed by atoms with van der Waals surface area (Å²) in [6.45, 7) is 2.62. The lowest BCUT2D eigenvalue weighted by atomic mass is 10.2. The van der Waals surface area contributed by atoms with E-state index in [-0.39, 0.29) is 0 Å². The predicted molar refractivity (Wildman–Crippen MR) is 83.0 cm³/mol. The molecule has 0 saturated carbocycles. The second kappa shape index (κ2) is 6.73. The van der Waals surface area contributed by atoms with Gasteiger partial charge >= 0.3 is 0 Å². The molecule has 0 aliphatic heterocycles. The van der Waals surface area contributed by atoms with Crippen LogP contribution in [0.3, 0.4) is 0 Å². The van der Waals surface area contributed by atoms with Crippen molar-refractivity contribution >= 4 is 29.1 Å². The van der Waals surface area contributed by atoms with E-state index in [4.69, 9.17) is 22.1 Å². The maximum Gasteiger partial charge on any atom is 0.120 e. The highest BCUT2D eigenvalue weighted by molar-refractivity contribution is 7.98. The summed E-state index contributed by atoms with van der Waals surface area (Å²) >= 11 is 7.66. The van der Waals surface area contributed by atoms with Crippen LogP contribution in [0.5, 0.6) is 5.75 Å². The van der Waals surface area contributed by atoms with Crippen LogP contribution in [-0.2, 0) is 5.75 Å². The molecule has 0 amide bonds. The second-order valence-corrected chi connectivity index (χ2v) is 5.50. The minimum absolute atomic E-state index is 0.655. The first kappa shape index (κ1) is 14.1. The Hall–Kier alpha value is -1.32. The van der Waals surface area contributed by atoms with Crippen LogP contribution in [-0.4, -0.2) is 6.61 Å². The quantitative estimate of drug-likeness (QED) is 0.646. The van der Waals surface area contributed by atoms with Crippen molar-refractivity contribution in [2.24, 2.45) is 0 Å². The summed E-state index contributed by atoms with van der Waals surface area (Å²) in [5.74, 6) is 1.69. The van der Waals surface area contributed by atoms with E-state index in [0.717, 1.165) is 27.1 Å². The summed E-state index contributed by atoms with van der Waals surface area (Å²) in [5.41, 5.74) is 7.93. The van der Waals surface area contributed by atoms with Crippen molar-refractivity contribution in [3.05, 3.63) is 53.1 Å². The monoisotopic (exact) mass is 293 g/mol. The molecule has 0 saturated heterocycles. The fraction of sp³-hybridized carbons (Fsp3) is 0.200. The average Bonchev–Trinajstić information content (AvgIpc) is 2.40. The lowest BCUT2D eigenvalue weighted by Gasteiger charge is -2.09. The standard InChI is InChI=1S/C15H16ClNOS/c1-2-18-13-6-7-14(17)15(9-13)19-10-11-4-3-5-12(16)8-11/h3-9H,2,10,17H2,1H3. The number of ether oxygens (including phenoxy) is 1. The lowest BCUT2D eigenvalue weighted by molar-refractivity contribution is 0.339. The highest BCUT2D eigenvalue weighted by Crippen LogP contribution is 2.31. The Bertz CT molecular complexity index is 560. The van der Waals surface area contributed by atoms with Crippen molar-refractivity contribution in [1.29, 1.82) is 0 Å². The van der Waals surface area contributed by atoms with Gasteiger partial charge in [-0.25, -0.2) is 0 Å². The molecule has 0 unspecified atom stereocenters. The van der Waals surface area contributed by atoms with Crippen molar-refractivity contribution in [1.82, 2.24) is 0 Å². The van der Waals surface area contributed by atoms with Crippen molar-refractivity contribution in [3.8, 4) is 5.75 Å². The zero-order valence-electron chi connectivity index (χ0n) is 10.7. The second-order valence-electron chi connectivity index (χ2n) is 4.05. The first-order valence-corrected chi connectivity index (χ1v) is 7.45. The first-order valence-electron chi connectivity index (χ1n) is 6.08. The summed E-state index contributed by atoms with van der Waals surface area (Å²) in [4.78, 5) is 1.03. The van der Waals surface area contributed by atoms with E-state index in [1.54, 1.807) is 11.8 Å². The average molecular weight is 294 g/mol. The molecular weight excluding hydrogens is 278 g/mol. The maximum atomic E-state index is 5.98. The van der Waals surface area contributed by atoms with Crippen LogP contribution in [0.1, 0.15) is 12.5 Å². The van der Waals surface area contributed by atoms with Crippen LogP contribution in [0, 0.1) is 0 Å². The van der Waals surface area contributed by atoms with Gasteiger partial charge in [-0.1, -0.05) is 23.7 Å². The van der Waals surface area contributed by atoms with Crippen LogP contribution in [0.2, 0.25) is 5.02 Å². The van der Waals surface area contributed by atoms with Gasteiger partial charge in [0.2, 0.25) is 0 Å². The molecule has 2 N–H and O–H groups in total. The van der Waals surface area contributed by atoms with E-state index >= 15 is 0 Å². The number of benzene rings is 2. The molecule has 19 heavy (non-hydrogen) atoms. The minimum Gasteiger partial charge on any atom is -0.494 e. The molecule has 2 rings (SSSR count). The summed E-state index contributed by atoms with van der Waals surface area (Å²) in [6.07, 6.45) is 0. The molecule has 0 heterocycles. The molecular formula is C15H16ClNOS. The number of anilines is 1. The van der Waals surface area contributed by atoms with E-state index in [0.29, 0.717) is 6.61 Å². The van der Waals surface area contributed by atoms with Crippen molar-refractivity contribution in [2.45, 2.75) is 17.6 Å². The van der Waals surface area contributed by atoms with Crippen molar-refractivity contribution < 1.29 is 4.74 Å². The van der Waals surface area contributed by atoms with Gasteiger partial charge in [-0.05, 0) is 42.8 Å². The van der Waals surface area contributed by atoms with E-state index in [1.807, 2.05) is 43.3 Å². The number of hydrogen-bond donors (Lipinski definition) is 1. The molecule has 0 bridgehead atoms. The zero-order valence-corrected chi connectivity index (χ0v) is 12.3. The Kier molecular flexibility index (Phi) is 5.00. The van der Waals surface area contributed by atoms with Crippen LogP contribution in [0.25, 0.3) is 0 Å².